The lowest BCUT2D eigenvalue weighted by Gasteiger charge is -2.17. The van der Waals surface area contributed by atoms with Crippen molar-refractivity contribution in [3.05, 3.63) is 40.6 Å². The van der Waals surface area contributed by atoms with E-state index in [-0.39, 0.29) is 5.91 Å². The number of amides is 1. The van der Waals surface area contributed by atoms with Gasteiger partial charge in [0.1, 0.15) is 0 Å². The molecular formula is C15H15ClN2O. The van der Waals surface area contributed by atoms with Crippen LogP contribution in [-0.2, 0) is 11.3 Å². The quantitative estimate of drug-likeness (QED) is 0.786. The summed E-state index contributed by atoms with van der Waals surface area (Å²) < 4.78 is 2.24. The fourth-order valence-electron chi connectivity index (χ4n) is 2.57. The molecule has 4 heteroatoms. The molecule has 1 amide bonds. The highest BCUT2D eigenvalue weighted by atomic mass is 35.5. The van der Waals surface area contributed by atoms with E-state index in [1.165, 1.54) is 0 Å². The molecule has 0 unspecified atom stereocenters. The number of fused-ring (bicyclic) bond motifs is 3. The van der Waals surface area contributed by atoms with Gasteiger partial charge in [-0.2, -0.15) is 0 Å². The van der Waals surface area contributed by atoms with E-state index in [2.05, 4.69) is 16.0 Å². The van der Waals surface area contributed by atoms with Crippen LogP contribution in [0.3, 0.4) is 0 Å². The van der Waals surface area contributed by atoms with E-state index in [4.69, 9.17) is 11.6 Å². The molecule has 1 aliphatic heterocycles. The Morgan fingerprint density at radius 1 is 1.21 bits per heavy atom. The van der Waals surface area contributed by atoms with E-state index in [1.54, 1.807) is 0 Å². The average molecular weight is 275 g/mol. The molecule has 19 heavy (non-hydrogen) atoms. The average Bonchev–Trinajstić information content (AvgIpc) is 2.73. The zero-order valence-electron chi connectivity index (χ0n) is 11.0. The number of nitrogens with zero attached hydrogens (tertiary/aromatic N) is 1. The molecule has 3 rings (SSSR count). The molecule has 2 heterocycles. The number of allylic oxidation sites excluding steroid dienone is 1. The van der Waals surface area contributed by atoms with Gasteiger partial charge in [0.25, 0.3) is 0 Å². The Hall–Kier alpha value is -1.74. The first-order valence-electron chi connectivity index (χ1n) is 6.33. The van der Waals surface area contributed by atoms with Crippen molar-refractivity contribution in [1.29, 1.82) is 0 Å². The highest BCUT2D eigenvalue weighted by Crippen LogP contribution is 2.29. The number of rotatable bonds is 0. The molecule has 98 valence electrons. The Morgan fingerprint density at radius 2 is 2.00 bits per heavy atom. The SMILES string of the molecule is C/C1=C(\C)c2cc3cc(Cl)ccc3n2CCNC1=O. The van der Waals surface area contributed by atoms with E-state index in [0.717, 1.165) is 39.3 Å². The summed E-state index contributed by atoms with van der Waals surface area (Å²) >= 11 is 6.05. The van der Waals surface area contributed by atoms with Crippen LogP contribution in [0, 0.1) is 0 Å². The number of aromatic nitrogens is 1. The number of nitrogens with one attached hydrogen (secondary N) is 1. The number of benzene rings is 1. The van der Waals surface area contributed by atoms with Gasteiger partial charge in [-0.15, -0.1) is 0 Å². The van der Waals surface area contributed by atoms with Gasteiger partial charge in [-0.1, -0.05) is 11.6 Å². The van der Waals surface area contributed by atoms with E-state index in [0.29, 0.717) is 6.54 Å². The fraction of sp³-hybridized carbons (Fsp3) is 0.267. The second kappa shape index (κ2) is 4.42. The maximum Gasteiger partial charge on any atom is 0.247 e. The van der Waals surface area contributed by atoms with Gasteiger partial charge in [-0.05, 0) is 43.7 Å². The Balaban J connectivity index is 2.31. The van der Waals surface area contributed by atoms with Crippen LogP contribution in [-0.4, -0.2) is 17.0 Å². The summed E-state index contributed by atoms with van der Waals surface area (Å²) in [7, 11) is 0. The van der Waals surface area contributed by atoms with Gasteiger partial charge in [0, 0.05) is 40.3 Å². The first-order chi connectivity index (χ1) is 9.08. The maximum absolute atomic E-state index is 11.9. The lowest BCUT2D eigenvalue weighted by Crippen LogP contribution is -2.30. The molecule has 0 radical (unpaired) electrons. The molecule has 1 N–H and O–H groups in total. The first-order valence-corrected chi connectivity index (χ1v) is 6.70. The summed E-state index contributed by atoms with van der Waals surface area (Å²) in [5.74, 6) is 0.0204. The van der Waals surface area contributed by atoms with Gasteiger partial charge in [-0.25, -0.2) is 0 Å². The lowest BCUT2D eigenvalue weighted by molar-refractivity contribution is -0.117. The standard InChI is InChI=1S/C15H15ClN2O/c1-9-10(2)15(19)17-5-6-18-13-4-3-12(16)7-11(13)8-14(9)18/h3-4,7-8H,5-6H2,1-2H3,(H,17,19)/b10-9-. The summed E-state index contributed by atoms with van der Waals surface area (Å²) in [5.41, 5.74) is 4.05. The monoisotopic (exact) mass is 274 g/mol. The van der Waals surface area contributed by atoms with E-state index >= 15 is 0 Å². The molecule has 0 atom stereocenters. The minimum Gasteiger partial charge on any atom is -0.351 e. The van der Waals surface area contributed by atoms with Crippen LogP contribution in [0.2, 0.25) is 5.02 Å². The van der Waals surface area contributed by atoms with Crippen molar-refractivity contribution >= 4 is 34.0 Å². The van der Waals surface area contributed by atoms with Crippen LogP contribution < -0.4 is 5.32 Å². The summed E-state index contributed by atoms with van der Waals surface area (Å²) in [6.07, 6.45) is 0. The van der Waals surface area contributed by atoms with Gasteiger partial charge >= 0.3 is 0 Å². The molecule has 0 bridgehead atoms. The molecule has 0 spiro atoms. The third kappa shape index (κ3) is 1.94. The van der Waals surface area contributed by atoms with Crippen LogP contribution >= 0.6 is 11.6 Å². The van der Waals surface area contributed by atoms with Crippen molar-refractivity contribution in [3.63, 3.8) is 0 Å². The molecule has 0 aliphatic carbocycles. The van der Waals surface area contributed by atoms with Crippen molar-refractivity contribution < 1.29 is 4.79 Å². The van der Waals surface area contributed by atoms with Crippen molar-refractivity contribution in [2.24, 2.45) is 0 Å². The largest absolute Gasteiger partial charge is 0.351 e. The predicted molar refractivity (Wildman–Crippen MR) is 78.2 cm³/mol. The van der Waals surface area contributed by atoms with Crippen LogP contribution in [0.5, 0.6) is 0 Å². The third-order valence-corrected chi connectivity index (χ3v) is 4.01. The van der Waals surface area contributed by atoms with Gasteiger partial charge in [0.2, 0.25) is 5.91 Å². The molecule has 2 aromatic rings. The second-order valence-electron chi connectivity index (χ2n) is 4.89. The normalized spacial score (nSPS) is 19.8. The Labute approximate surface area is 116 Å². The number of hydrogen-bond acceptors (Lipinski definition) is 1. The summed E-state index contributed by atoms with van der Waals surface area (Å²) in [5, 5.41) is 4.78. The van der Waals surface area contributed by atoms with Gasteiger partial charge in [0.05, 0.1) is 0 Å². The molecule has 1 aromatic heterocycles. The van der Waals surface area contributed by atoms with Gasteiger partial charge in [-0.3, -0.25) is 4.79 Å². The molecule has 1 aliphatic rings. The Kier molecular flexibility index (Phi) is 2.86. The van der Waals surface area contributed by atoms with Crippen LogP contribution in [0.25, 0.3) is 16.5 Å². The number of halogens is 1. The van der Waals surface area contributed by atoms with Crippen molar-refractivity contribution in [3.8, 4) is 0 Å². The lowest BCUT2D eigenvalue weighted by atomic mass is 10.1. The second-order valence-corrected chi connectivity index (χ2v) is 5.33. The van der Waals surface area contributed by atoms with Crippen molar-refractivity contribution in [2.45, 2.75) is 20.4 Å². The van der Waals surface area contributed by atoms with Crippen molar-refractivity contribution in [1.82, 2.24) is 9.88 Å². The Morgan fingerprint density at radius 3 is 2.79 bits per heavy atom. The summed E-state index contributed by atoms with van der Waals surface area (Å²) in [4.78, 5) is 11.9. The topological polar surface area (TPSA) is 34.0 Å². The predicted octanol–water partition coefficient (Wildman–Crippen LogP) is 3.22. The fourth-order valence-corrected chi connectivity index (χ4v) is 2.75. The molecule has 0 saturated carbocycles. The smallest absolute Gasteiger partial charge is 0.247 e. The minimum absolute atomic E-state index is 0.0204. The number of carbonyl (C=O) groups excluding carboxylic acids is 1. The highest BCUT2D eigenvalue weighted by molar-refractivity contribution is 6.31. The van der Waals surface area contributed by atoms with Crippen LogP contribution in [0.1, 0.15) is 19.5 Å². The highest BCUT2D eigenvalue weighted by Gasteiger charge is 2.17. The molecule has 3 nitrogen and oxygen atoms in total. The van der Waals surface area contributed by atoms with Gasteiger partial charge in [0.15, 0.2) is 0 Å². The zero-order valence-corrected chi connectivity index (χ0v) is 11.7. The summed E-state index contributed by atoms with van der Waals surface area (Å²) in [6, 6.07) is 8.01. The Bertz CT molecular complexity index is 712. The van der Waals surface area contributed by atoms with E-state index in [1.807, 2.05) is 32.0 Å². The van der Waals surface area contributed by atoms with Crippen LogP contribution in [0.15, 0.2) is 29.8 Å². The first kappa shape index (κ1) is 12.3. The van der Waals surface area contributed by atoms with Gasteiger partial charge < -0.3 is 9.88 Å². The molecule has 0 saturated heterocycles. The van der Waals surface area contributed by atoms with Crippen molar-refractivity contribution in [2.75, 3.05) is 6.54 Å². The zero-order chi connectivity index (χ0) is 13.6. The third-order valence-electron chi connectivity index (χ3n) is 3.77. The van der Waals surface area contributed by atoms with Crippen LogP contribution in [0.4, 0.5) is 0 Å². The molecule has 0 fully saturated rings. The van der Waals surface area contributed by atoms with E-state index < -0.39 is 0 Å². The maximum atomic E-state index is 11.9. The molecule has 1 aromatic carbocycles. The summed E-state index contributed by atoms with van der Waals surface area (Å²) in [6.45, 7) is 5.28. The molecular weight excluding hydrogens is 260 g/mol. The number of hydrogen-bond donors (Lipinski definition) is 1. The minimum atomic E-state index is 0.0204. The van der Waals surface area contributed by atoms with E-state index in [9.17, 15) is 4.79 Å². The number of carbonyl (C=O) groups is 1.